The predicted molar refractivity (Wildman–Crippen MR) is 135 cm³/mol. The largest absolute Gasteiger partial charge is 0.459 e. The highest BCUT2D eigenvalue weighted by molar-refractivity contribution is 14.0. The fourth-order valence-electron chi connectivity index (χ4n) is 3.52. The first kappa shape index (κ1) is 25.2. The van der Waals surface area contributed by atoms with Gasteiger partial charge in [-0.1, -0.05) is 31.2 Å². The Morgan fingerprint density at radius 1 is 1.10 bits per heavy atom. The minimum absolute atomic E-state index is 0. The van der Waals surface area contributed by atoms with E-state index in [4.69, 9.17) is 9.41 Å². The van der Waals surface area contributed by atoms with Gasteiger partial charge in [-0.15, -0.1) is 24.0 Å². The number of nitrogens with zero attached hydrogens (tertiary/aromatic N) is 4. The molecule has 1 aliphatic heterocycles. The number of carbonyl (C=O) groups excluding carboxylic acids is 1. The van der Waals surface area contributed by atoms with Crippen molar-refractivity contribution in [3.8, 4) is 0 Å². The zero-order chi connectivity index (χ0) is 21.3. The molecular weight excluding hydrogens is 505 g/mol. The van der Waals surface area contributed by atoms with Crippen LogP contribution in [0.3, 0.4) is 0 Å². The minimum atomic E-state index is -0.0459. The summed E-state index contributed by atoms with van der Waals surface area (Å²) in [4.78, 5) is 23.7. The number of hydrogen-bond donors (Lipinski definition) is 1. The Morgan fingerprint density at radius 3 is 2.45 bits per heavy atom. The van der Waals surface area contributed by atoms with Crippen LogP contribution >= 0.6 is 24.0 Å². The van der Waals surface area contributed by atoms with Crippen molar-refractivity contribution < 1.29 is 9.21 Å². The quantitative estimate of drug-likeness (QED) is 0.333. The van der Waals surface area contributed by atoms with Gasteiger partial charge >= 0.3 is 0 Å². The molecule has 8 heteroatoms. The summed E-state index contributed by atoms with van der Waals surface area (Å²) in [7, 11) is 2.13. The molecule has 170 valence electrons. The number of guanidine groups is 1. The molecule has 1 saturated heterocycles. The van der Waals surface area contributed by atoms with E-state index < -0.39 is 0 Å². The van der Waals surface area contributed by atoms with Crippen molar-refractivity contribution in [3.63, 3.8) is 0 Å². The van der Waals surface area contributed by atoms with Gasteiger partial charge in [-0.25, -0.2) is 4.99 Å². The first-order chi connectivity index (χ1) is 14.6. The van der Waals surface area contributed by atoms with Gasteiger partial charge in [0.05, 0.1) is 12.8 Å². The molecule has 1 aliphatic rings. The highest BCUT2D eigenvalue weighted by atomic mass is 127. The highest BCUT2D eigenvalue weighted by Gasteiger charge is 2.25. The molecule has 1 aromatic carbocycles. The third-order valence-corrected chi connectivity index (χ3v) is 5.33. The van der Waals surface area contributed by atoms with Gasteiger partial charge in [0, 0.05) is 39.3 Å². The molecule has 0 aliphatic carbocycles. The second-order valence-corrected chi connectivity index (χ2v) is 7.58. The van der Waals surface area contributed by atoms with Crippen molar-refractivity contribution in [3.05, 3.63) is 59.5 Å². The topological polar surface area (TPSA) is 64.3 Å². The molecule has 2 aromatic rings. The van der Waals surface area contributed by atoms with Crippen molar-refractivity contribution in [2.75, 3.05) is 46.3 Å². The maximum atomic E-state index is 12.5. The van der Waals surface area contributed by atoms with Gasteiger partial charge in [0.15, 0.2) is 11.7 Å². The standard InChI is InChI=1S/C23H33N5O2.HI/c1-4-24-23(25-17-19-8-6-9-20(16-19)18-26(3)5-2)28-13-11-27(12-14-28)22(29)21-10-7-15-30-21;/h6-10,15-16H,4-5,11-14,17-18H2,1-3H3,(H,24,25);1H. The zero-order valence-electron chi connectivity index (χ0n) is 18.7. The van der Waals surface area contributed by atoms with Crippen molar-refractivity contribution in [2.45, 2.75) is 26.9 Å². The van der Waals surface area contributed by atoms with Gasteiger partial charge in [-0.2, -0.15) is 0 Å². The fourth-order valence-corrected chi connectivity index (χ4v) is 3.52. The summed E-state index contributed by atoms with van der Waals surface area (Å²) in [5.41, 5.74) is 2.51. The zero-order valence-corrected chi connectivity index (χ0v) is 21.0. The van der Waals surface area contributed by atoms with E-state index in [0.29, 0.717) is 25.4 Å². The number of halogens is 1. The average Bonchev–Trinajstić information content (AvgIpc) is 3.31. The third kappa shape index (κ3) is 7.24. The summed E-state index contributed by atoms with van der Waals surface area (Å²) in [5, 5.41) is 3.40. The van der Waals surface area contributed by atoms with Crippen LogP contribution in [0.25, 0.3) is 0 Å². The summed E-state index contributed by atoms with van der Waals surface area (Å²) in [6, 6.07) is 12.1. The summed E-state index contributed by atoms with van der Waals surface area (Å²) in [6.45, 7) is 10.5. The lowest BCUT2D eigenvalue weighted by molar-refractivity contribution is 0.0657. The first-order valence-electron chi connectivity index (χ1n) is 10.7. The Labute approximate surface area is 202 Å². The molecule has 0 bridgehead atoms. The normalized spacial score (nSPS) is 14.5. The molecule has 0 saturated carbocycles. The molecule has 3 rings (SSSR count). The molecule has 2 heterocycles. The van der Waals surface area contributed by atoms with Crippen LogP contribution in [0, 0.1) is 0 Å². The van der Waals surface area contributed by atoms with Crippen LogP contribution in [-0.2, 0) is 13.1 Å². The maximum Gasteiger partial charge on any atom is 0.289 e. The van der Waals surface area contributed by atoms with E-state index in [-0.39, 0.29) is 29.9 Å². The van der Waals surface area contributed by atoms with Crippen LogP contribution in [0.5, 0.6) is 0 Å². The average molecular weight is 539 g/mol. The lowest BCUT2D eigenvalue weighted by atomic mass is 10.1. The number of benzene rings is 1. The van der Waals surface area contributed by atoms with Crippen molar-refractivity contribution in [1.82, 2.24) is 20.0 Å². The number of rotatable bonds is 7. The lowest BCUT2D eigenvalue weighted by Gasteiger charge is -2.36. The molecule has 1 amide bonds. The van der Waals surface area contributed by atoms with Gasteiger partial charge < -0.3 is 24.4 Å². The first-order valence-corrected chi connectivity index (χ1v) is 10.7. The fraction of sp³-hybridized carbons (Fsp3) is 0.478. The van der Waals surface area contributed by atoms with Crippen LogP contribution in [0.15, 0.2) is 52.1 Å². The Kier molecular flexibility index (Phi) is 10.3. The van der Waals surface area contributed by atoms with Gasteiger partial charge in [-0.05, 0) is 43.8 Å². The predicted octanol–water partition coefficient (Wildman–Crippen LogP) is 3.27. The van der Waals surface area contributed by atoms with Crippen molar-refractivity contribution >= 4 is 35.8 Å². The number of nitrogens with one attached hydrogen (secondary N) is 1. The summed E-state index contributed by atoms with van der Waals surface area (Å²) in [6.07, 6.45) is 1.54. The second-order valence-electron chi connectivity index (χ2n) is 7.58. The molecule has 7 nitrogen and oxygen atoms in total. The Bertz CT molecular complexity index is 832. The van der Waals surface area contributed by atoms with Gasteiger partial charge in [0.25, 0.3) is 5.91 Å². The number of piperazine rings is 1. The molecule has 0 unspecified atom stereocenters. The Morgan fingerprint density at radius 2 is 1.81 bits per heavy atom. The van der Waals surface area contributed by atoms with E-state index in [1.807, 2.05) is 4.90 Å². The van der Waals surface area contributed by atoms with Gasteiger partial charge in [0.1, 0.15) is 0 Å². The maximum absolute atomic E-state index is 12.5. The van der Waals surface area contributed by atoms with E-state index in [1.165, 1.54) is 17.4 Å². The highest BCUT2D eigenvalue weighted by Crippen LogP contribution is 2.12. The van der Waals surface area contributed by atoms with E-state index in [2.05, 4.69) is 60.3 Å². The second kappa shape index (κ2) is 12.7. The van der Waals surface area contributed by atoms with E-state index in [0.717, 1.165) is 38.7 Å². The molecule has 31 heavy (non-hydrogen) atoms. The minimum Gasteiger partial charge on any atom is -0.459 e. The van der Waals surface area contributed by atoms with E-state index >= 15 is 0 Å². The van der Waals surface area contributed by atoms with Crippen LogP contribution in [-0.4, -0.2) is 72.9 Å². The number of aliphatic imine (C=N–C) groups is 1. The molecule has 1 fully saturated rings. The van der Waals surface area contributed by atoms with Crippen molar-refractivity contribution in [2.24, 2.45) is 4.99 Å². The number of hydrogen-bond acceptors (Lipinski definition) is 4. The van der Waals surface area contributed by atoms with Crippen LogP contribution in [0.2, 0.25) is 0 Å². The van der Waals surface area contributed by atoms with Gasteiger partial charge in [0.2, 0.25) is 0 Å². The van der Waals surface area contributed by atoms with E-state index in [1.54, 1.807) is 12.1 Å². The molecular formula is C23H34IN5O2. The van der Waals surface area contributed by atoms with Crippen LogP contribution < -0.4 is 5.32 Å². The van der Waals surface area contributed by atoms with E-state index in [9.17, 15) is 4.79 Å². The summed E-state index contributed by atoms with van der Waals surface area (Å²) in [5.74, 6) is 1.26. The Hall–Kier alpha value is -2.07. The summed E-state index contributed by atoms with van der Waals surface area (Å²) < 4.78 is 5.25. The third-order valence-electron chi connectivity index (χ3n) is 5.33. The lowest BCUT2D eigenvalue weighted by Crippen LogP contribution is -2.53. The van der Waals surface area contributed by atoms with Crippen molar-refractivity contribution in [1.29, 1.82) is 0 Å². The van der Waals surface area contributed by atoms with Crippen LogP contribution in [0.1, 0.15) is 35.5 Å². The molecule has 1 aromatic heterocycles. The molecule has 0 atom stereocenters. The number of furan rings is 1. The molecule has 0 spiro atoms. The smallest absolute Gasteiger partial charge is 0.289 e. The van der Waals surface area contributed by atoms with Gasteiger partial charge in [-0.3, -0.25) is 4.79 Å². The molecule has 1 N–H and O–H groups in total. The Balaban J connectivity index is 0.00000341. The number of carbonyl (C=O) groups is 1. The van der Waals surface area contributed by atoms with Crippen LogP contribution in [0.4, 0.5) is 0 Å². The molecule has 0 radical (unpaired) electrons. The number of amides is 1. The summed E-state index contributed by atoms with van der Waals surface area (Å²) >= 11 is 0. The SMILES string of the molecule is CCNC(=NCc1cccc(CN(C)CC)c1)N1CCN(C(=O)c2ccco2)CC1.I. The monoisotopic (exact) mass is 539 g/mol.